The number of morpholine rings is 1. The average Bonchev–Trinajstić information content (AvgIpc) is 2.80. The van der Waals surface area contributed by atoms with Crippen molar-refractivity contribution in [3.63, 3.8) is 0 Å². The number of hydrogen-bond acceptors (Lipinski definition) is 3. The van der Waals surface area contributed by atoms with E-state index < -0.39 is 0 Å². The fourth-order valence-electron chi connectivity index (χ4n) is 2.88. The lowest BCUT2D eigenvalue weighted by Crippen LogP contribution is -2.50. The van der Waals surface area contributed by atoms with Gasteiger partial charge in [-0.1, -0.05) is 18.2 Å². The van der Waals surface area contributed by atoms with Crippen molar-refractivity contribution in [3.05, 3.63) is 29.8 Å². The number of rotatable bonds is 1. The number of fused-ring (bicyclic) bond motifs is 1. The zero-order chi connectivity index (χ0) is 13.4. The maximum Gasteiger partial charge on any atom is 0.236 e. The first-order valence-corrected chi connectivity index (χ1v) is 7.70. The van der Waals surface area contributed by atoms with Crippen molar-refractivity contribution in [2.45, 2.75) is 42.6 Å². The number of benzene rings is 1. The van der Waals surface area contributed by atoms with Crippen LogP contribution in [-0.2, 0) is 16.0 Å². The Balaban J connectivity index is 1.69. The van der Waals surface area contributed by atoms with Gasteiger partial charge >= 0.3 is 0 Å². The predicted molar refractivity (Wildman–Crippen MR) is 76.4 cm³/mol. The van der Waals surface area contributed by atoms with Crippen molar-refractivity contribution in [2.24, 2.45) is 0 Å². The molecule has 102 valence electrons. The van der Waals surface area contributed by atoms with Gasteiger partial charge in [0.1, 0.15) is 0 Å². The molecule has 1 aromatic rings. The van der Waals surface area contributed by atoms with Gasteiger partial charge in [-0.25, -0.2) is 0 Å². The van der Waals surface area contributed by atoms with Gasteiger partial charge in [0.2, 0.25) is 5.91 Å². The minimum Gasteiger partial charge on any atom is -0.372 e. The largest absolute Gasteiger partial charge is 0.372 e. The van der Waals surface area contributed by atoms with Crippen LogP contribution in [0.25, 0.3) is 0 Å². The van der Waals surface area contributed by atoms with Gasteiger partial charge in [-0.05, 0) is 31.9 Å². The topological polar surface area (TPSA) is 29.5 Å². The zero-order valence-corrected chi connectivity index (χ0v) is 12.2. The Labute approximate surface area is 118 Å². The Morgan fingerprint density at radius 1 is 1.26 bits per heavy atom. The van der Waals surface area contributed by atoms with Crippen molar-refractivity contribution in [3.8, 4) is 0 Å². The van der Waals surface area contributed by atoms with Crippen LogP contribution in [0.3, 0.4) is 0 Å². The Kier molecular flexibility index (Phi) is 3.54. The molecular formula is C15H19NO2S. The van der Waals surface area contributed by atoms with Crippen molar-refractivity contribution in [1.82, 2.24) is 4.90 Å². The van der Waals surface area contributed by atoms with Crippen LogP contribution in [0.4, 0.5) is 0 Å². The van der Waals surface area contributed by atoms with Crippen molar-refractivity contribution < 1.29 is 9.53 Å². The molecule has 2 heterocycles. The van der Waals surface area contributed by atoms with Gasteiger partial charge in [0.15, 0.2) is 0 Å². The quantitative estimate of drug-likeness (QED) is 0.789. The lowest BCUT2D eigenvalue weighted by molar-refractivity contribution is -0.142. The summed E-state index contributed by atoms with van der Waals surface area (Å²) < 4.78 is 5.69. The molecule has 3 unspecified atom stereocenters. The summed E-state index contributed by atoms with van der Waals surface area (Å²) in [5.41, 5.74) is 1.31. The van der Waals surface area contributed by atoms with Crippen LogP contribution in [-0.4, -0.2) is 41.4 Å². The Morgan fingerprint density at radius 3 is 2.63 bits per heavy atom. The molecular weight excluding hydrogens is 258 g/mol. The Bertz CT molecular complexity index is 456. The van der Waals surface area contributed by atoms with E-state index in [-0.39, 0.29) is 23.4 Å². The molecule has 0 bridgehead atoms. The number of carbonyl (C=O) groups is 1. The molecule has 0 saturated carbocycles. The summed E-state index contributed by atoms with van der Waals surface area (Å²) in [6.07, 6.45) is 1.14. The van der Waals surface area contributed by atoms with Crippen LogP contribution < -0.4 is 0 Å². The molecule has 0 aliphatic carbocycles. The average molecular weight is 277 g/mol. The van der Waals surface area contributed by atoms with E-state index in [9.17, 15) is 4.79 Å². The first-order chi connectivity index (χ1) is 9.13. The SMILES string of the molecule is CC1CN(C(=O)C2Cc3ccccc3S2)CC(C)O1. The van der Waals surface area contributed by atoms with Gasteiger partial charge in [0, 0.05) is 18.0 Å². The maximum atomic E-state index is 12.6. The van der Waals surface area contributed by atoms with Crippen LogP contribution in [0.15, 0.2) is 29.2 Å². The van der Waals surface area contributed by atoms with Gasteiger partial charge in [0.05, 0.1) is 17.5 Å². The Morgan fingerprint density at radius 2 is 1.95 bits per heavy atom. The number of ether oxygens (including phenoxy) is 1. The molecule has 0 spiro atoms. The highest BCUT2D eigenvalue weighted by Crippen LogP contribution is 2.37. The summed E-state index contributed by atoms with van der Waals surface area (Å²) in [4.78, 5) is 15.8. The van der Waals surface area contributed by atoms with E-state index in [2.05, 4.69) is 12.1 Å². The molecule has 1 saturated heterocycles. The van der Waals surface area contributed by atoms with E-state index >= 15 is 0 Å². The first-order valence-electron chi connectivity index (χ1n) is 6.82. The molecule has 0 radical (unpaired) electrons. The van der Waals surface area contributed by atoms with Crippen LogP contribution in [0, 0.1) is 0 Å². The smallest absolute Gasteiger partial charge is 0.236 e. The first kappa shape index (κ1) is 13.0. The van der Waals surface area contributed by atoms with E-state index in [4.69, 9.17) is 4.74 Å². The number of hydrogen-bond donors (Lipinski definition) is 0. The highest BCUT2D eigenvalue weighted by atomic mass is 32.2. The van der Waals surface area contributed by atoms with Crippen molar-refractivity contribution in [1.29, 1.82) is 0 Å². The normalized spacial score (nSPS) is 30.2. The van der Waals surface area contributed by atoms with Crippen LogP contribution in [0.2, 0.25) is 0 Å². The predicted octanol–water partition coefficient (Wildman–Crippen LogP) is 2.34. The summed E-state index contributed by atoms with van der Waals surface area (Å²) in [5, 5.41) is 0.0508. The number of thioether (sulfide) groups is 1. The lowest BCUT2D eigenvalue weighted by atomic mass is 10.1. The summed E-state index contributed by atoms with van der Waals surface area (Å²) in [5.74, 6) is 0.267. The second kappa shape index (κ2) is 5.17. The van der Waals surface area contributed by atoms with Crippen molar-refractivity contribution >= 4 is 17.7 Å². The van der Waals surface area contributed by atoms with E-state index in [0.717, 1.165) is 19.5 Å². The molecule has 0 aromatic heterocycles. The number of amides is 1. The molecule has 1 fully saturated rings. The fourth-order valence-corrected chi connectivity index (χ4v) is 4.16. The van der Waals surface area contributed by atoms with Crippen LogP contribution >= 0.6 is 11.8 Å². The number of nitrogens with zero attached hydrogens (tertiary/aromatic N) is 1. The summed E-state index contributed by atoms with van der Waals surface area (Å²) in [6.45, 7) is 5.51. The summed E-state index contributed by atoms with van der Waals surface area (Å²) in [7, 11) is 0. The third-order valence-corrected chi connectivity index (χ3v) is 4.96. The third kappa shape index (κ3) is 2.65. The van der Waals surface area contributed by atoms with E-state index in [1.54, 1.807) is 11.8 Å². The van der Waals surface area contributed by atoms with E-state index in [1.165, 1.54) is 10.5 Å². The lowest BCUT2D eigenvalue weighted by Gasteiger charge is -2.36. The highest BCUT2D eigenvalue weighted by molar-refractivity contribution is 8.01. The zero-order valence-electron chi connectivity index (χ0n) is 11.3. The standard InChI is InChI=1S/C15H19NO2S/c1-10-8-16(9-11(2)18-10)15(17)14-7-12-5-3-4-6-13(12)19-14/h3-6,10-11,14H,7-9H2,1-2H3. The summed E-state index contributed by atoms with van der Waals surface area (Å²) in [6, 6.07) is 8.32. The van der Waals surface area contributed by atoms with Gasteiger partial charge in [-0.3, -0.25) is 4.79 Å². The van der Waals surface area contributed by atoms with E-state index in [0.29, 0.717) is 0 Å². The molecule has 2 aliphatic heterocycles. The molecule has 19 heavy (non-hydrogen) atoms. The minimum absolute atomic E-state index is 0.0508. The molecule has 1 amide bonds. The van der Waals surface area contributed by atoms with Gasteiger partial charge in [-0.2, -0.15) is 0 Å². The van der Waals surface area contributed by atoms with Gasteiger partial charge in [-0.15, -0.1) is 11.8 Å². The number of carbonyl (C=O) groups excluding carboxylic acids is 1. The van der Waals surface area contributed by atoms with Gasteiger partial charge in [0.25, 0.3) is 0 Å². The second-order valence-electron chi connectivity index (χ2n) is 5.42. The monoisotopic (exact) mass is 277 g/mol. The van der Waals surface area contributed by atoms with Crippen molar-refractivity contribution in [2.75, 3.05) is 13.1 Å². The molecule has 3 nitrogen and oxygen atoms in total. The minimum atomic E-state index is 0.0508. The molecule has 4 heteroatoms. The second-order valence-corrected chi connectivity index (χ2v) is 6.66. The third-order valence-electron chi connectivity index (χ3n) is 3.65. The molecule has 3 atom stereocenters. The maximum absolute atomic E-state index is 12.6. The van der Waals surface area contributed by atoms with E-state index in [1.807, 2.05) is 30.9 Å². The molecule has 2 aliphatic rings. The van der Waals surface area contributed by atoms with Gasteiger partial charge < -0.3 is 9.64 Å². The molecule has 1 aromatic carbocycles. The summed E-state index contributed by atoms with van der Waals surface area (Å²) >= 11 is 1.71. The van der Waals surface area contributed by atoms with Crippen LogP contribution in [0.5, 0.6) is 0 Å². The molecule has 0 N–H and O–H groups in total. The Hall–Kier alpha value is -1.00. The van der Waals surface area contributed by atoms with Crippen LogP contribution in [0.1, 0.15) is 19.4 Å². The highest BCUT2D eigenvalue weighted by Gasteiger charge is 2.34. The fraction of sp³-hybridized carbons (Fsp3) is 0.533. The molecule has 3 rings (SSSR count).